The van der Waals surface area contributed by atoms with Gasteiger partial charge in [-0.1, -0.05) is 55.8 Å². The van der Waals surface area contributed by atoms with Gasteiger partial charge in [0.1, 0.15) is 5.69 Å². The summed E-state index contributed by atoms with van der Waals surface area (Å²) in [7, 11) is 0. The van der Waals surface area contributed by atoms with Gasteiger partial charge in [-0.25, -0.2) is 9.78 Å². The molecular weight excluding hydrogens is 384 g/mol. The van der Waals surface area contributed by atoms with Crippen molar-refractivity contribution in [1.82, 2.24) is 4.98 Å². The van der Waals surface area contributed by atoms with Crippen molar-refractivity contribution in [3.8, 4) is 10.4 Å². The smallest absolute Gasteiger partial charge is 0.337 e. The highest BCUT2D eigenvalue weighted by molar-refractivity contribution is 7.15. The number of amides is 1. The van der Waals surface area contributed by atoms with Gasteiger partial charge in [0, 0.05) is 11.6 Å². The Morgan fingerprint density at radius 1 is 1.15 bits per heavy atom. The molecule has 0 aliphatic carbocycles. The fraction of sp³-hybridized carbons (Fsp3) is 0.150. The van der Waals surface area contributed by atoms with Crippen molar-refractivity contribution in [1.29, 1.82) is 0 Å². The summed E-state index contributed by atoms with van der Waals surface area (Å²) < 4.78 is 0. The monoisotopic (exact) mass is 400 g/mol. The number of benzene rings is 2. The molecule has 0 fully saturated rings. The summed E-state index contributed by atoms with van der Waals surface area (Å²) >= 11 is 7.37. The van der Waals surface area contributed by atoms with Gasteiger partial charge in [-0.2, -0.15) is 0 Å². The number of nitrogens with one attached hydrogen (secondary N) is 1. The van der Waals surface area contributed by atoms with Gasteiger partial charge < -0.3 is 10.4 Å². The van der Waals surface area contributed by atoms with Crippen LogP contribution in [0.5, 0.6) is 0 Å². The summed E-state index contributed by atoms with van der Waals surface area (Å²) in [6.45, 7) is 4.04. The van der Waals surface area contributed by atoms with Crippen LogP contribution in [0.2, 0.25) is 5.02 Å². The van der Waals surface area contributed by atoms with E-state index in [1.807, 2.05) is 44.2 Å². The molecule has 1 heterocycles. The maximum Gasteiger partial charge on any atom is 0.337 e. The first-order valence-corrected chi connectivity index (χ1v) is 9.46. The third-order valence-electron chi connectivity index (χ3n) is 3.84. The van der Waals surface area contributed by atoms with Crippen LogP contribution in [0.25, 0.3) is 10.4 Å². The van der Waals surface area contributed by atoms with E-state index < -0.39 is 11.9 Å². The molecule has 3 aromatic rings. The molecule has 1 amide bonds. The summed E-state index contributed by atoms with van der Waals surface area (Å²) in [5, 5.41) is 12.9. The lowest BCUT2D eigenvalue weighted by Crippen LogP contribution is -2.14. The summed E-state index contributed by atoms with van der Waals surface area (Å²) in [6, 6.07) is 13.9. The van der Waals surface area contributed by atoms with E-state index >= 15 is 0 Å². The Balaban J connectivity index is 1.97. The highest BCUT2D eigenvalue weighted by Gasteiger charge is 2.21. The van der Waals surface area contributed by atoms with Crippen molar-refractivity contribution in [3.63, 3.8) is 0 Å². The van der Waals surface area contributed by atoms with Crippen LogP contribution in [0, 0.1) is 0 Å². The fourth-order valence-corrected chi connectivity index (χ4v) is 3.75. The van der Waals surface area contributed by atoms with Crippen LogP contribution in [-0.4, -0.2) is 22.0 Å². The molecule has 5 nitrogen and oxygen atoms in total. The maximum atomic E-state index is 12.9. The fourth-order valence-electron chi connectivity index (χ4n) is 2.48. The first-order chi connectivity index (χ1) is 12.9. The molecule has 0 saturated carbocycles. The Morgan fingerprint density at radius 3 is 2.48 bits per heavy atom. The van der Waals surface area contributed by atoms with Crippen LogP contribution in [0.4, 0.5) is 5.69 Å². The molecule has 2 aromatic carbocycles. The van der Waals surface area contributed by atoms with E-state index in [4.69, 9.17) is 11.6 Å². The number of hydrogen-bond acceptors (Lipinski definition) is 4. The Kier molecular flexibility index (Phi) is 5.58. The number of halogens is 1. The minimum atomic E-state index is -1.16. The van der Waals surface area contributed by atoms with E-state index in [1.165, 1.54) is 23.5 Å². The van der Waals surface area contributed by atoms with Crippen LogP contribution in [0.3, 0.4) is 0 Å². The number of thiazole rings is 1. The molecule has 1 aromatic heterocycles. The zero-order chi connectivity index (χ0) is 19.6. The second-order valence-electron chi connectivity index (χ2n) is 6.20. The van der Waals surface area contributed by atoms with E-state index in [2.05, 4.69) is 10.3 Å². The summed E-state index contributed by atoms with van der Waals surface area (Å²) in [6.07, 6.45) is 0. The Hall–Kier alpha value is -2.70. The molecule has 138 valence electrons. The van der Waals surface area contributed by atoms with E-state index in [9.17, 15) is 14.7 Å². The van der Waals surface area contributed by atoms with Crippen LogP contribution in [0.15, 0.2) is 48.5 Å². The summed E-state index contributed by atoms with van der Waals surface area (Å²) in [4.78, 5) is 29.4. The van der Waals surface area contributed by atoms with Gasteiger partial charge in [-0.15, -0.1) is 11.3 Å². The van der Waals surface area contributed by atoms with Gasteiger partial charge in [0.2, 0.25) is 0 Å². The van der Waals surface area contributed by atoms with Crippen molar-refractivity contribution in [2.45, 2.75) is 19.8 Å². The molecule has 0 unspecified atom stereocenters. The molecule has 7 heteroatoms. The number of aromatic nitrogens is 1. The number of carboxylic acid groups (broad SMARTS) is 1. The average Bonchev–Trinajstić information content (AvgIpc) is 3.10. The number of carboxylic acids is 1. The van der Waals surface area contributed by atoms with Gasteiger partial charge in [0.05, 0.1) is 20.5 Å². The second kappa shape index (κ2) is 7.90. The highest BCUT2D eigenvalue weighted by atomic mass is 35.5. The van der Waals surface area contributed by atoms with Gasteiger partial charge in [0.25, 0.3) is 5.91 Å². The normalized spacial score (nSPS) is 10.8. The molecule has 0 spiro atoms. The highest BCUT2D eigenvalue weighted by Crippen LogP contribution is 2.34. The predicted octanol–water partition coefficient (Wildman–Crippen LogP) is 5.54. The lowest BCUT2D eigenvalue weighted by Gasteiger charge is -2.07. The van der Waals surface area contributed by atoms with Crippen LogP contribution in [-0.2, 0) is 0 Å². The largest absolute Gasteiger partial charge is 0.478 e. The van der Waals surface area contributed by atoms with E-state index in [1.54, 1.807) is 6.07 Å². The summed E-state index contributed by atoms with van der Waals surface area (Å²) in [5.74, 6) is -1.36. The molecular formula is C20H17ClN2O3S. The first kappa shape index (κ1) is 19.1. The second-order valence-corrected chi connectivity index (χ2v) is 7.64. The van der Waals surface area contributed by atoms with Crippen molar-refractivity contribution in [3.05, 3.63) is 69.8 Å². The first-order valence-electron chi connectivity index (χ1n) is 8.27. The molecule has 2 N–H and O–H groups in total. The number of rotatable bonds is 5. The number of anilines is 1. The zero-order valence-corrected chi connectivity index (χ0v) is 16.3. The molecule has 27 heavy (non-hydrogen) atoms. The minimum absolute atomic E-state index is 0.0705. The van der Waals surface area contributed by atoms with Crippen molar-refractivity contribution in [2.24, 2.45) is 0 Å². The number of aromatic carboxylic acids is 1. The van der Waals surface area contributed by atoms with E-state index in [-0.39, 0.29) is 16.5 Å². The maximum absolute atomic E-state index is 12.9. The third-order valence-corrected chi connectivity index (χ3v) is 5.58. The number of carbonyl (C=O) groups is 2. The van der Waals surface area contributed by atoms with E-state index in [0.29, 0.717) is 11.4 Å². The van der Waals surface area contributed by atoms with Crippen LogP contribution in [0.1, 0.15) is 45.6 Å². The predicted molar refractivity (Wildman–Crippen MR) is 108 cm³/mol. The SMILES string of the molecule is CC(C)c1nc(C(=O)Nc2ccc(Cl)c(C(=O)O)c2)c(-c2ccccc2)s1. The number of nitrogens with zero attached hydrogens (tertiary/aromatic N) is 1. The molecule has 3 rings (SSSR count). The van der Waals surface area contributed by atoms with Crippen LogP contribution < -0.4 is 5.32 Å². The van der Waals surface area contributed by atoms with Crippen molar-refractivity contribution >= 4 is 40.5 Å². The van der Waals surface area contributed by atoms with Crippen molar-refractivity contribution < 1.29 is 14.7 Å². The molecule has 0 aliphatic rings. The van der Waals surface area contributed by atoms with Gasteiger partial charge >= 0.3 is 5.97 Å². The minimum Gasteiger partial charge on any atom is -0.478 e. The van der Waals surface area contributed by atoms with Gasteiger partial charge in [-0.3, -0.25) is 4.79 Å². The molecule has 0 bridgehead atoms. The zero-order valence-electron chi connectivity index (χ0n) is 14.7. The molecule has 0 saturated heterocycles. The Bertz CT molecular complexity index is 1000. The van der Waals surface area contributed by atoms with E-state index in [0.717, 1.165) is 15.4 Å². The lowest BCUT2D eigenvalue weighted by atomic mass is 10.1. The third kappa shape index (κ3) is 4.18. The van der Waals surface area contributed by atoms with Gasteiger partial charge in [-0.05, 0) is 23.8 Å². The number of hydrogen-bond donors (Lipinski definition) is 2. The van der Waals surface area contributed by atoms with Gasteiger partial charge in [0.15, 0.2) is 0 Å². The van der Waals surface area contributed by atoms with Crippen molar-refractivity contribution in [2.75, 3.05) is 5.32 Å². The number of carbonyl (C=O) groups excluding carboxylic acids is 1. The topological polar surface area (TPSA) is 79.3 Å². The average molecular weight is 401 g/mol. The quantitative estimate of drug-likeness (QED) is 0.589. The Morgan fingerprint density at radius 2 is 1.85 bits per heavy atom. The standard InChI is InChI=1S/C20H17ClN2O3S/c1-11(2)19-23-16(17(27-19)12-6-4-3-5-7-12)18(24)22-13-8-9-15(21)14(10-13)20(25)26/h3-11H,1-2H3,(H,22,24)(H,25,26). The molecule has 0 atom stereocenters. The molecule has 0 radical (unpaired) electrons. The molecule has 0 aliphatic heterocycles. The lowest BCUT2D eigenvalue weighted by molar-refractivity contribution is 0.0696. The van der Waals surface area contributed by atoms with Crippen LogP contribution >= 0.6 is 22.9 Å². The summed E-state index contributed by atoms with van der Waals surface area (Å²) in [5.41, 5.74) is 1.51. The Labute approximate surface area is 165 Å².